The van der Waals surface area contributed by atoms with Crippen LogP contribution < -0.4 is 0 Å². The molecule has 3 nitrogen and oxygen atoms in total. The molecule has 3 heteroatoms. The summed E-state index contributed by atoms with van der Waals surface area (Å²) in [5, 5.41) is 2.66. The van der Waals surface area contributed by atoms with Gasteiger partial charge in [-0.3, -0.25) is 9.69 Å². The van der Waals surface area contributed by atoms with E-state index in [4.69, 9.17) is 0 Å². The molecule has 2 fully saturated rings. The average Bonchev–Trinajstić information content (AvgIpc) is 3.06. The van der Waals surface area contributed by atoms with Gasteiger partial charge in [0.15, 0.2) is 0 Å². The van der Waals surface area contributed by atoms with Gasteiger partial charge in [0.05, 0.1) is 6.54 Å². The van der Waals surface area contributed by atoms with Gasteiger partial charge in [0.2, 0.25) is 0 Å². The van der Waals surface area contributed by atoms with Gasteiger partial charge in [0.1, 0.15) is 5.78 Å². The zero-order chi connectivity index (χ0) is 17.1. The lowest BCUT2D eigenvalue weighted by Crippen LogP contribution is -2.40. The van der Waals surface area contributed by atoms with Crippen LogP contribution in [0.2, 0.25) is 0 Å². The topological polar surface area (TPSA) is 25.2 Å². The second-order valence-electron chi connectivity index (χ2n) is 8.10. The number of fused-ring (bicyclic) bond motifs is 1. The molecule has 2 heterocycles. The molecule has 0 N–H and O–H groups in total. The van der Waals surface area contributed by atoms with E-state index in [-0.39, 0.29) is 0 Å². The molecule has 4 rings (SSSR count). The molecule has 25 heavy (non-hydrogen) atoms. The largest absolute Gasteiger partial charge is 0.353 e. The van der Waals surface area contributed by atoms with Crippen LogP contribution >= 0.6 is 0 Å². The lowest BCUT2D eigenvalue weighted by Gasteiger charge is -2.33. The molecular weight excluding hydrogens is 308 g/mol. The van der Waals surface area contributed by atoms with Crippen LogP contribution in [0.5, 0.6) is 0 Å². The number of Topliss-reactive ketones (excluding diaryl/α,β-unsaturated/α-hetero) is 1. The molecule has 1 saturated carbocycles. The smallest absolute Gasteiger partial charge is 0.149 e. The Labute approximate surface area is 151 Å². The Morgan fingerprint density at radius 2 is 1.56 bits per heavy atom. The van der Waals surface area contributed by atoms with E-state index in [2.05, 4.69) is 46.1 Å². The lowest BCUT2D eigenvalue weighted by atomic mass is 9.86. The molecule has 0 radical (unpaired) electrons. The Morgan fingerprint density at radius 1 is 0.920 bits per heavy atom. The third-order valence-electron chi connectivity index (χ3n) is 6.22. The molecule has 0 bridgehead atoms. The van der Waals surface area contributed by atoms with Gasteiger partial charge < -0.3 is 4.57 Å². The van der Waals surface area contributed by atoms with Crippen LogP contribution in [0.1, 0.15) is 44.9 Å². The lowest BCUT2D eigenvalue weighted by molar-refractivity contribution is -0.125. The highest BCUT2D eigenvalue weighted by Crippen LogP contribution is 2.26. The molecule has 2 aliphatic rings. The van der Waals surface area contributed by atoms with E-state index in [1.54, 1.807) is 0 Å². The van der Waals surface area contributed by atoms with Gasteiger partial charge in [-0.25, -0.2) is 0 Å². The minimum absolute atomic E-state index is 0.360. The van der Waals surface area contributed by atoms with E-state index < -0.39 is 0 Å². The van der Waals surface area contributed by atoms with Gasteiger partial charge in [0, 0.05) is 24.9 Å². The second-order valence-corrected chi connectivity index (χ2v) is 8.10. The molecule has 0 spiro atoms. The van der Waals surface area contributed by atoms with Crippen molar-refractivity contribution in [2.75, 3.05) is 19.6 Å². The predicted octanol–water partition coefficient (Wildman–Crippen LogP) is 4.50. The van der Waals surface area contributed by atoms with Gasteiger partial charge in [-0.05, 0) is 55.5 Å². The number of ketones is 1. The van der Waals surface area contributed by atoms with E-state index in [0.29, 0.717) is 18.2 Å². The van der Waals surface area contributed by atoms with Crippen LogP contribution in [0.25, 0.3) is 10.8 Å². The van der Waals surface area contributed by atoms with Crippen molar-refractivity contribution in [3.05, 3.63) is 36.7 Å². The van der Waals surface area contributed by atoms with Crippen LogP contribution in [0.15, 0.2) is 36.7 Å². The fourth-order valence-electron chi connectivity index (χ4n) is 4.65. The summed E-state index contributed by atoms with van der Waals surface area (Å²) in [7, 11) is 0. The zero-order valence-electron chi connectivity index (χ0n) is 15.2. The highest BCUT2D eigenvalue weighted by Gasteiger charge is 2.25. The second kappa shape index (κ2) is 7.74. The van der Waals surface area contributed by atoms with Crippen molar-refractivity contribution in [2.45, 2.75) is 51.5 Å². The molecule has 1 aliphatic heterocycles. The van der Waals surface area contributed by atoms with Gasteiger partial charge >= 0.3 is 0 Å². The van der Waals surface area contributed by atoms with Gasteiger partial charge in [-0.1, -0.05) is 43.5 Å². The Bertz CT molecular complexity index is 673. The highest BCUT2D eigenvalue weighted by atomic mass is 16.1. The van der Waals surface area contributed by atoms with E-state index >= 15 is 0 Å². The number of aromatic nitrogens is 1. The molecule has 0 unspecified atom stereocenters. The first-order chi connectivity index (χ1) is 12.3. The number of likely N-dealkylation sites (tertiary alicyclic amines) is 1. The van der Waals surface area contributed by atoms with Crippen molar-refractivity contribution in [3.8, 4) is 0 Å². The summed E-state index contributed by atoms with van der Waals surface area (Å²) in [6, 6.07) is 8.58. The number of hydrogen-bond donors (Lipinski definition) is 0. The van der Waals surface area contributed by atoms with Gasteiger partial charge in [-0.15, -0.1) is 0 Å². The number of carbonyl (C=O) groups excluding carboxylic acids is 1. The molecule has 1 saturated heterocycles. The molecule has 1 aliphatic carbocycles. The van der Waals surface area contributed by atoms with Crippen molar-refractivity contribution < 1.29 is 4.79 Å². The number of benzene rings is 1. The molecular formula is C22H30N2O. The molecule has 2 aromatic rings. The normalized spacial score (nSPS) is 21.0. The Balaban J connectivity index is 1.25. The van der Waals surface area contributed by atoms with Crippen LogP contribution in [0.4, 0.5) is 0 Å². The summed E-state index contributed by atoms with van der Waals surface area (Å²) in [6.45, 7) is 3.98. The minimum atomic E-state index is 0.360. The van der Waals surface area contributed by atoms with Crippen LogP contribution in [-0.4, -0.2) is 34.9 Å². The van der Waals surface area contributed by atoms with Crippen LogP contribution in [-0.2, 0) is 11.3 Å². The summed E-state index contributed by atoms with van der Waals surface area (Å²) >= 11 is 0. The fourth-order valence-corrected chi connectivity index (χ4v) is 4.65. The van der Waals surface area contributed by atoms with E-state index in [1.807, 2.05) is 0 Å². The third kappa shape index (κ3) is 4.14. The summed E-state index contributed by atoms with van der Waals surface area (Å²) in [6.07, 6.45) is 13.1. The van der Waals surface area contributed by atoms with Crippen molar-refractivity contribution in [1.82, 2.24) is 9.47 Å². The van der Waals surface area contributed by atoms with E-state index in [9.17, 15) is 4.79 Å². The van der Waals surface area contributed by atoms with Crippen molar-refractivity contribution >= 4 is 16.6 Å². The average molecular weight is 338 g/mol. The molecule has 134 valence electrons. The van der Waals surface area contributed by atoms with Crippen LogP contribution in [0, 0.1) is 11.8 Å². The van der Waals surface area contributed by atoms with Crippen LogP contribution in [0.3, 0.4) is 0 Å². The summed E-state index contributed by atoms with van der Waals surface area (Å²) < 4.78 is 2.36. The first-order valence-corrected chi connectivity index (χ1v) is 10.1. The number of hydrogen-bond acceptors (Lipinski definition) is 2. The fraction of sp³-hybridized carbons (Fsp3) is 0.591. The van der Waals surface area contributed by atoms with Crippen molar-refractivity contribution in [3.63, 3.8) is 0 Å². The highest BCUT2D eigenvalue weighted by molar-refractivity contribution is 5.83. The minimum Gasteiger partial charge on any atom is -0.353 e. The SMILES string of the molecule is O=C(CN1CCC(Cn2cc3ccccc3c2)CC1)C1CCCCC1. The maximum Gasteiger partial charge on any atom is 0.149 e. The predicted molar refractivity (Wildman–Crippen MR) is 103 cm³/mol. The van der Waals surface area contributed by atoms with Gasteiger partial charge in [0.25, 0.3) is 0 Å². The van der Waals surface area contributed by atoms with Gasteiger partial charge in [-0.2, -0.15) is 0 Å². The van der Waals surface area contributed by atoms with Crippen molar-refractivity contribution in [2.24, 2.45) is 11.8 Å². The van der Waals surface area contributed by atoms with E-state index in [0.717, 1.165) is 38.4 Å². The summed E-state index contributed by atoms with van der Waals surface area (Å²) in [4.78, 5) is 14.9. The molecule has 0 atom stereocenters. The zero-order valence-corrected chi connectivity index (χ0v) is 15.2. The first-order valence-electron chi connectivity index (χ1n) is 10.1. The Kier molecular flexibility index (Phi) is 5.21. The maximum absolute atomic E-state index is 12.5. The Morgan fingerprint density at radius 3 is 2.20 bits per heavy atom. The van der Waals surface area contributed by atoms with E-state index in [1.165, 1.54) is 42.9 Å². The number of rotatable bonds is 5. The summed E-state index contributed by atoms with van der Waals surface area (Å²) in [5.41, 5.74) is 0. The maximum atomic E-state index is 12.5. The quantitative estimate of drug-likeness (QED) is 0.802. The number of carbonyl (C=O) groups is 1. The standard InChI is InChI=1S/C22H30N2O/c25-22(19-6-2-1-3-7-19)17-23-12-10-18(11-13-23)14-24-15-20-8-4-5-9-21(20)16-24/h4-5,8-9,15-16,18-19H,1-3,6-7,10-14,17H2. The number of piperidine rings is 1. The Hall–Kier alpha value is -1.61. The first kappa shape index (κ1) is 16.8. The number of nitrogens with zero attached hydrogens (tertiary/aromatic N) is 2. The monoisotopic (exact) mass is 338 g/mol. The molecule has 1 aromatic carbocycles. The van der Waals surface area contributed by atoms with Crippen molar-refractivity contribution in [1.29, 1.82) is 0 Å². The third-order valence-corrected chi connectivity index (χ3v) is 6.22. The molecule has 1 aromatic heterocycles. The summed E-state index contributed by atoms with van der Waals surface area (Å²) in [5.74, 6) is 1.61. The molecule has 0 amide bonds.